The molecule has 0 saturated heterocycles. The Morgan fingerprint density at radius 2 is 1.85 bits per heavy atom. The van der Waals surface area contributed by atoms with E-state index in [-0.39, 0.29) is 22.9 Å². The van der Waals surface area contributed by atoms with Gasteiger partial charge in [0.1, 0.15) is 5.01 Å². The first-order valence-corrected chi connectivity index (χ1v) is 10.6. The molecule has 0 atom stereocenters. The van der Waals surface area contributed by atoms with Gasteiger partial charge in [0.15, 0.2) is 0 Å². The van der Waals surface area contributed by atoms with Crippen molar-refractivity contribution in [3.8, 4) is 0 Å². The van der Waals surface area contributed by atoms with Gasteiger partial charge in [0, 0.05) is 23.2 Å². The molecular weight excluding hydrogens is 382 g/mol. The van der Waals surface area contributed by atoms with E-state index >= 15 is 0 Å². The molecular formula is C19H19N3O3S2. The lowest BCUT2D eigenvalue weighted by Gasteiger charge is -2.09. The standard InChI is InChI=1S/C19H19N3O3S2/c1-14-13-26-18(22-14)12-20-19(23)16-8-5-9-17(10-16)27(24,25)21-11-15-6-3-2-4-7-15/h2-10,13,21H,11-12H2,1H3,(H,20,23). The highest BCUT2D eigenvalue weighted by molar-refractivity contribution is 7.89. The van der Waals surface area contributed by atoms with Gasteiger partial charge in [-0.25, -0.2) is 18.1 Å². The Bertz CT molecular complexity index is 1030. The number of nitrogens with one attached hydrogen (secondary N) is 2. The summed E-state index contributed by atoms with van der Waals surface area (Å²) >= 11 is 1.47. The van der Waals surface area contributed by atoms with Crippen LogP contribution in [0.15, 0.2) is 64.9 Å². The zero-order valence-corrected chi connectivity index (χ0v) is 16.3. The van der Waals surface area contributed by atoms with Gasteiger partial charge in [-0.3, -0.25) is 4.79 Å². The van der Waals surface area contributed by atoms with Gasteiger partial charge in [0.2, 0.25) is 10.0 Å². The number of sulfonamides is 1. The Balaban J connectivity index is 1.67. The highest BCUT2D eigenvalue weighted by Crippen LogP contribution is 2.13. The van der Waals surface area contributed by atoms with E-state index in [1.54, 1.807) is 12.1 Å². The molecule has 0 aliphatic carbocycles. The van der Waals surface area contributed by atoms with Crippen LogP contribution in [0.4, 0.5) is 0 Å². The van der Waals surface area contributed by atoms with Gasteiger partial charge in [-0.2, -0.15) is 0 Å². The number of carbonyl (C=O) groups is 1. The molecule has 2 aromatic carbocycles. The molecule has 0 fully saturated rings. The molecule has 0 saturated carbocycles. The van der Waals surface area contributed by atoms with Crippen LogP contribution in [-0.2, 0) is 23.1 Å². The maximum Gasteiger partial charge on any atom is 0.251 e. The average molecular weight is 402 g/mol. The van der Waals surface area contributed by atoms with E-state index in [1.165, 1.54) is 23.5 Å². The maximum absolute atomic E-state index is 12.5. The van der Waals surface area contributed by atoms with Crippen LogP contribution in [0.25, 0.3) is 0 Å². The third kappa shape index (κ3) is 5.22. The van der Waals surface area contributed by atoms with Crippen LogP contribution in [0.1, 0.15) is 26.6 Å². The molecule has 1 amide bonds. The van der Waals surface area contributed by atoms with Gasteiger partial charge in [0.25, 0.3) is 5.91 Å². The zero-order valence-electron chi connectivity index (χ0n) is 14.7. The summed E-state index contributed by atoms with van der Waals surface area (Å²) in [6.45, 7) is 2.38. The van der Waals surface area contributed by atoms with Gasteiger partial charge < -0.3 is 5.32 Å². The summed E-state index contributed by atoms with van der Waals surface area (Å²) in [7, 11) is -3.72. The molecule has 0 bridgehead atoms. The van der Waals surface area contributed by atoms with Crippen molar-refractivity contribution in [3.05, 3.63) is 81.8 Å². The fourth-order valence-corrected chi connectivity index (χ4v) is 4.18. The monoisotopic (exact) mass is 401 g/mol. The topological polar surface area (TPSA) is 88.2 Å². The smallest absolute Gasteiger partial charge is 0.251 e. The van der Waals surface area contributed by atoms with Crippen molar-refractivity contribution in [2.45, 2.75) is 24.9 Å². The molecule has 2 N–H and O–H groups in total. The third-order valence-electron chi connectivity index (χ3n) is 3.78. The first-order chi connectivity index (χ1) is 12.9. The summed E-state index contributed by atoms with van der Waals surface area (Å²) in [6, 6.07) is 15.2. The molecule has 8 heteroatoms. The molecule has 27 heavy (non-hydrogen) atoms. The largest absolute Gasteiger partial charge is 0.346 e. The van der Waals surface area contributed by atoms with Gasteiger partial charge in [-0.1, -0.05) is 36.4 Å². The average Bonchev–Trinajstić information content (AvgIpc) is 3.11. The summed E-state index contributed by atoms with van der Waals surface area (Å²) in [5, 5.41) is 5.47. The van der Waals surface area contributed by atoms with Crippen molar-refractivity contribution in [3.63, 3.8) is 0 Å². The number of amides is 1. The van der Waals surface area contributed by atoms with Gasteiger partial charge >= 0.3 is 0 Å². The molecule has 0 aliphatic rings. The lowest BCUT2D eigenvalue weighted by molar-refractivity contribution is 0.0950. The Labute approximate surface area is 162 Å². The minimum atomic E-state index is -3.72. The van der Waals surface area contributed by atoms with Crippen LogP contribution < -0.4 is 10.0 Å². The van der Waals surface area contributed by atoms with Gasteiger partial charge in [-0.15, -0.1) is 11.3 Å². The van der Waals surface area contributed by atoms with E-state index in [0.717, 1.165) is 16.3 Å². The lowest BCUT2D eigenvalue weighted by Crippen LogP contribution is -2.25. The fraction of sp³-hybridized carbons (Fsp3) is 0.158. The van der Waals surface area contributed by atoms with E-state index in [1.807, 2.05) is 42.6 Å². The molecule has 0 unspecified atom stereocenters. The van der Waals surface area contributed by atoms with Crippen molar-refractivity contribution in [1.82, 2.24) is 15.0 Å². The van der Waals surface area contributed by atoms with E-state index in [0.29, 0.717) is 6.54 Å². The quantitative estimate of drug-likeness (QED) is 0.637. The minimum Gasteiger partial charge on any atom is -0.346 e. The molecule has 1 aromatic heterocycles. The van der Waals surface area contributed by atoms with Crippen LogP contribution in [0.2, 0.25) is 0 Å². The number of benzene rings is 2. The van der Waals surface area contributed by atoms with Crippen LogP contribution in [0, 0.1) is 6.92 Å². The maximum atomic E-state index is 12.5. The van der Waals surface area contributed by atoms with E-state index < -0.39 is 10.0 Å². The van der Waals surface area contributed by atoms with Crippen LogP contribution in [-0.4, -0.2) is 19.3 Å². The normalized spacial score (nSPS) is 11.3. The molecule has 1 heterocycles. The number of nitrogens with zero attached hydrogens (tertiary/aromatic N) is 1. The number of hydrogen-bond acceptors (Lipinski definition) is 5. The van der Waals surface area contributed by atoms with Crippen molar-refractivity contribution in [1.29, 1.82) is 0 Å². The van der Waals surface area contributed by atoms with E-state index in [2.05, 4.69) is 15.0 Å². The summed E-state index contributed by atoms with van der Waals surface area (Å²) < 4.78 is 27.6. The molecule has 140 valence electrons. The molecule has 3 aromatic rings. The lowest BCUT2D eigenvalue weighted by atomic mass is 10.2. The van der Waals surface area contributed by atoms with Crippen molar-refractivity contribution >= 4 is 27.3 Å². The number of rotatable bonds is 7. The second kappa shape index (κ2) is 8.43. The predicted molar refractivity (Wildman–Crippen MR) is 105 cm³/mol. The Hall–Kier alpha value is -2.55. The highest BCUT2D eigenvalue weighted by Gasteiger charge is 2.16. The first-order valence-electron chi connectivity index (χ1n) is 8.27. The first kappa shape index (κ1) is 19.2. The zero-order chi connectivity index (χ0) is 19.3. The summed E-state index contributed by atoms with van der Waals surface area (Å²) in [5.74, 6) is -0.344. The van der Waals surface area contributed by atoms with Crippen LogP contribution in [0.3, 0.4) is 0 Å². The Morgan fingerprint density at radius 1 is 1.07 bits per heavy atom. The predicted octanol–water partition coefficient (Wildman–Crippen LogP) is 2.86. The van der Waals surface area contributed by atoms with Crippen molar-refractivity contribution in [2.75, 3.05) is 0 Å². The number of hydrogen-bond donors (Lipinski definition) is 2. The number of thiazole rings is 1. The number of aryl methyl sites for hydroxylation is 1. The summed E-state index contributed by atoms with van der Waals surface area (Å²) in [4.78, 5) is 16.7. The van der Waals surface area contributed by atoms with Gasteiger partial charge in [0.05, 0.1) is 11.4 Å². The van der Waals surface area contributed by atoms with E-state index in [9.17, 15) is 13.2 Å². The van der Waals surface area contributed by atoms with E-state index in [4.69, 9.17) is 0 Å². The van der Waals surface area contributed by atoms with Crippen LogP contribution in [0.5, 0.6) is 0 Å². The van der Waals surface area contributed by atoms with Crippen LogP contribution >= 0.6 is 11.3 Å². The second-order valence-corrected chi connectivity index (χ2v) is 8.61. The fourth-order valence-electron chi connectivity index (χ4n) is 2.40. The summed E-state index contributed by atoms with van der Waals surface area (Å²) in [5.41, 5.74) is 2.04. The number of aromatic nitrogens is 1. The minimum absolute atomic E-state index is 0.0520. The molecule has 0 aliphatic heterocycles. The van der Waals surface area contributed by atoms with Gasteiger partial charge in [-0.05, 0) is 30.7 Å². The molecule has 0 spiro atoms. The second-order valence-electron chi connectivity index (χ2n) is 5.90. The molecule has 0 radical (unpaired) electrons. The molecule has 6 nitrogen and oxygen atoms in total. The molecule has 3 rings (SSSR count). The SMILES string of the molecule is Cc1csc(CNC(=O)c2cccc(S(=O)(=O)NCc3ccccc3)c2)n1. The Morgan fingerprint density at radius 3 is 2.56 bits per heavy atom. The van der Waals surface area contributed by atoms with Crippen molar-refractivity contribution in [2.24, 2.45) is 0 Å². The summed E-state index contributed by atoms with van der Waals surface area (Å²) in [6.07, 6.45) is 0. The highest BCUT2D eigenvalue weighted by atomic mass is 32.2. The number of carbonyl (C=O) groups excluding carboxylic acids is 1. The van der Waals surface area contributed by atoms with Crippen molar-refractivity contribution < 1.29 is 13.2 Å². The third-order valence-corrected chi connectivity index (χ3v) is 6.15. The Kier molecular flexibility index (Phi) is 6.00.